The maximum absolute atomic E-state index is 12.5. The van der Waals surface area contributed by atoms with Crippen molar-refractivity contribution in [1.82, 2.24) is 20.4 Å². The van der Waals surface area contributed by atoms with Gasteiger partial charge in [0.15, 0.2) is 11.5 Å². The molecule has 0 saturated heterocycles. The second-order valence-corrected chi connectivity index (χ2v) is 7.05. The number of fused-ring (bicyclic) bond motifs is 1. The van der Waals surface area contributed by atoms with Crippen molar-refractivity contribution in [3.8, 4) is 11.5 Å². The Morgan fingerprint density at radius 1 is 1.03 bits per heavy atom. The fraction of sp³-hybridized carbons (Fsp3) is 0.318. The Kier molecular flexibility index (Phi) is 6.25. The van der Waals surface area contributed by atoms with E-state index in [1.54, 1.807) is 30.3 Å². The highest BCUT2D eigenvalue weighted by Gasteiger charge is 2.15. The average Bonchev–Trinajstić information content (AvgIpc) is 3.05. The van der Waals surface area contributed by atoms with Crippen LogP contribution in [0.5, 0.6) is 11.5 Å². The lowest BCUT2D eigenvalue weighted by Crippen LogP contribution is -2.41. The summed E-state index contributed by atoms with van der Waals surface area (Å²) in [6.45, 7) is 8.58. The average molecular weight is 410 g/mol. The highest BCUT2D eigenvalue weighted by atomic mass is 16.5. The van der Waals surface area contributed by atoms with E-state index in [-0.39, 0.29) is 6.10 Å². The summed E-state index contributed by atoms with van der Waals surface area (Å²) in [6, 6.07) is 10.1. The van der Waals surface area contributed by atoms with Gasteiger partial charge in [-0.3, -0.25) is 20.4 Å². The van der Waals surface area contributed by atoms with E-state index in [4.69, 9.17) is 9.47 Å². The molecule has 0 spiro atoms. The number of rotatable bonds is 6. The summed E-state index contributed by atoms with van der Waals surface area (Å²) >= 11 is 0. The third-order valence-corrected chi connectivity index (χ3v) is 4.60. The zero-order chi connectivity index (χ0) is 21.8. The minimum Gasteiger partial charge on any atom is -0.493 e. The highest BCUT2D eigenvalue weighted by Crippen LogP contribution is 2.29. The first-order valence-electron chi connectivity index (χ1n) is 9.76. The molecule has 0 aliphatic heterocycles. The van der Waals surface area contributed by atoms with Crippen molar-refractivity contribution in [2.75, 3.05) is 7.11 Å². The number of nitrogens with zero attached hydrogens (tertiary/aromatic N) is 2. The molecule has 3 aromatic rings. The van der Waals surface area contributed by atoms with E-state index in [2.05, 4.69) is 20.4 Å². The fourth-order valence-corrected chi connectivity index (χ4v) is 3.21. The molecule has 1 aromatic heterocycles. The molecular formula is C22H26N4O4. The lowest BCUT2D eigenvalue weighted by atomic mass is 10.2. The van der Waals surface area contributed by atoms with Gasteiger partial charge in [-0.05, 0) is 64.1 Å². The predicted molar refractivity (Wildman–Crippen MR) is 114 cm³/mol. The fourth-order valence-electron chi connectivity index (χ4n) is 3.21. The predicted octanol–water partition coefficient (Wildman–Crippen LogP) is 3.24. The van der Waals surface area contributed by atoms with Gasteiger partial charge in [0, 0.05) is 17.7 Å². The molecule has 0 aliphatic rings. The van der Waals surface area contributed by atoms with Gasteiger partial charge >= 0.3 is 0 Å². The molecule has 3 rings (SSSR count). The van der Waals surface area contributed by atoms with E-state index < -0.39 is 11.8 Å². The normalized spacial score (nSPS) is 10.9. The van der Waals surface area contributed by atoms with Crippen LogP contribution in [0.2, 0.25) is 0 Å². The quantitative estimate of drug-likeness (QED) is 0.609. The molecule has 0 bridgehead atoms. The zero-order valence-corrected chi connectivity index (χ0v) is 17.8. The summed E-state index contributed by atoms with van der Waals surface area (Å²) < 4.78 is 13.0. The maximum Gasteiger partial charge on any atom is 0.269 e. The number of carbonyl (C=O) groups excluding carboxylic acids is 2. The van der Waals surface area contributed by atoms with Crippen LogP contribution in [0, 0.1) is 6.92 Å². The third kappa shape index (κ3) is 4.37. The van der Waals surface area contributed by atoms with E-state index >= 15 is 0 Å². The summed E-state index contributed by atoms with van der Waals surface area (Å²) in [6.07, 6.45) is -0.0253. The number of amides is 2. The Morgan fingerprint density at radius 2 is 1.67 bits per heavy atom. The molecule has 0 aliphatic carbocycles. The monoisotopic (exact) mass is 410 g/mol. The van der Waals surface area contributed by atoms with Crippen LogP contribution in [-0.2, 0) is 6.54 Å². The first-order valence-corrected chi connectivity index (χ1v) is 9.76. The highest BCUT2D eigenvalue weighted by molar-refractivity contribution is 6.00. The number of hydrogen-bond acceptors (Lipinski definition) is 5. The Hall–Kier alpha value is -3.55. The van der Waals surface area contributed by atoms with E-state index in [0.717, 1.165) is 23.4 Å². The lowest BCUT2D eigenvalue weighted by molar-refractivity contribution is 0.0846. The number of aromatic nitrogens is 2. The first kappa shape index (κ1) is 21.2. The van der Waals surface area contributed by atoms with Crippen LogP contribution >= 0.6 is 0 Å². The maximum atomic E-state index is 12.5. The van der Waals surface area contributed by atoms with Crippen molar-refractivity contribution in [3.05, 3.63) is 53.3 Å². The SMILES string of the molecule is CCn1c(C)nc2cc(C(=O)NNC(=O)c3ccc(OC(C)C)c(OC)c3)ccc21. The first-order chi connectivity index (χ1) is 14.3. The summed E-state index contributed by atoms with van der Waals surface area (Å²) in [5.41, 5.74) is 7.29. The number of hydrogen-bond donors (Lipinski definition) is 2. The minimum atomic E-state index is -0.468. The Morgan fingerprint density at radius 3 is 2.27 bits per heavy atom. The summed E-state index contributed by atoms with van der Waals surface area (Å²) in [5.74, 6) is 0.973. The molecule has 2 N–H and O–H groups in total. The molecule has 158 valence electrons. The summed E-state index contributed by atoms with van der Waals surface area (Å²) in [5, 5.41) is 0. The number of carbonyl (C=O) groups is 2. The number of nitrogens with one attached hydrogen (secondary N) is 2. The molecule has 0 saturated carbocycles. The van der Waals surface area contributed by atoms with Gasteiger partial charge in [0.25, 0.3) is 11.8 Å². The molecule has 8 nitrogen and oxygen atoms in total. The van der Waals surface area contributed by atoms with Gasteiger partial charge in [0.05, 0.1) is 24.2 Å². The lowest BCUT2D eigenvalue weighted by Gasteiger charge is -2.14. The number of benzene rings is 2. The van der Waals surface area contributed by atoms with Crippen LogP contribution in [0.4, 0.5) is 0 Å². The van der Waals surface area contributed by atoms with Crippen LogP contribution in [-0.4, -0.2) is 34.6 Å². The van der Waals surface area contributed by atoms with Crippen LogP contribution in [0.15, 0.2) is 36.4 Å². The Balaban J connectivity index is 1.70. The zero-order valence-electron chi connectivity index (χ0n) is 17.8. The third-order valence-electron chi connectivity index (χ3n) is 4.60. The number of ether oxygens (including phenoxy) is 2. The molecular weight excluding hydrogens is 384 g/mol. The molecule has 30 heavy (non-hydrogen) atoms. The molecule has 0 radical (unpaired) electrons. The van der Waals surface area contributed by atoms with Crippen molar-refractivity contribution >= 4 is 22.8 Å². The van der Waals surface area contributed by atoms with Gasteiger partial charge in [0.2, 0.25) is 0 Å². The largest absolute Gasteiger partial charge is 0.493 e. The Bertz CT molecular complexity index is 1090. The van der Waals surface area contributed by atoms with Crippen LogP contribution in [0.25, 0.3) is 11.0 Å². The van der Waals surface area contributed by atoms with E-state index in [1.807, 2.05) is 33.8 Å². The molecule has 2 amide bonds. The van der Waals surface area contributed by atoms with Crippen molar-refractivity contribution in [3.63, 3.8) is 0 Å². The van der Waals surface area contributed by atoms with E-state index in [1.165, 1.54) is 7.11 Å². The summed E-state index contributed by atoms with van der Waals surface area (Å²) in [4.78, 5) is 29.4. The van der Waals surface area contributed by atoms with Gasteiger partial charge in [-0.2, -0.15) is 0 Å². The van der Waals surface area contributed by atoms with Gasteiger partial charge in [-0.1, -0.05) is 0 Å². The second kappa shape index (κ2) is 8.86. The number of methoxy groups -OCH3 is 1. The van der Waals surface area contributed by atoms with Crippen molar-refractivity contribution < 1.29 is 19.1 Å². The van der Waals surface area contributed by atoms with Crippen LogP contribution in [0.1, 0.15) is 47.3 Å². The van der Waals surface area contributed by atoms with Crippen LogP contribution < -0.4 is 20.3 Å². The number of hydrazine groups is 1. The molecule has 0 atom stereocenters. The second-order valence-electron chi connectivity index (χ2n) is 7.05. The number of imidazole rings is 1. The topological polar surface area (TPSA) is 94.5 Å². The molecule has 0 fully saturated rings. The van der Waals surface area contributed by atoms with Gasteiger partial charge in [-0.15, -0.1) is 0 Å². The van der Waals surface area contributed by atoms with E-state index in [9.17, 15) is 9.59 Å². The van der Waals surface area contributed by atoms with Crippen molar-refractivity contribution in [2.45, 2.75) is 40.3 Å². The standard InChI is InChI=1S/C22H26N4O4/c1-6-26-14(4)23-17-11-15(7-9-18(17)26)21(27)24-25-22(28)16-8-10-19(30-13(2)3)20(12-16)29-5/h7-13H,6H2,1-5H3,(H,24,27)(H,25,28). The van der Waals surface area contributed by atoms with Gasteiger partial charge < -0.3 is 14.0 Å². The molecule has 1 heterocycles. The van der Waals surface area contributed by atoms with E-state index in [0.29, 0.717) is 22.6 Å². The summed E-state index contributed by atoms with van der Waals surface area (Å²) in [7, 11) is 1.50. The smallest absolute Gasteiger partial charge is 0.269 e. The van der Waals surface area contributed by atoms with Crippen molar-refractivity contribution in [2.24, 2.45) is 0 Å². The Labute approximate surface area is 175 Å². The molecule has 8 heteroatoms. The van der Waals surface area contributed by atoms with Gasteiger partial charge in [0.1, 0.15) is 5.82 Å². The minimum absolute atomic E-state index is 0.0253. The van der Waals surface area contributed by atoms with Crippen molar-refractivity contribution in [1.29, 1.82) is 0 Å². The van der Waals surface area contributed by atoms with Crippen LogP contribution in [0.3, 0.4) is 0 Å². The molecule has 2 aromatic carbocycles. The molecule has 0 unspecified atom stereocenters. The van der Waals surface area contributed by atoms with Gasteiger partial charge in [-0.25, -0.2) is 4.98 Å². The number of aryl methyl sites for hydroxylation is 2.